The number of hydrogen-bond acceptors (Lipinski definition) is 9. The van der Waals surface area contributed by atoms with Crippen LogP contribution in [0.2, 0.25) is 0 Å². The van der Waals surface area contributed by atoms with Crippen molar-refractivity contribution in [3.63, 3.8) is 0 Å². The molecule has 5 unspecified atom stereocenters. The van der Waals surface area contributed by atoms with Gasteiger partial charge in [-0.3, -0.25) is 9.59 Å². The zero-order valence-corrected chi connectivity index (χ0v) is 29.3. The Morgan fingerprint density at radius 1 is 0.827 bits per heavy atom. The number of benzene rings is 3. The van der Waals surface area contributed by atoms with Gasteiger partial charge in [-0.15, -0.1) is 0 Å². The SMILES string of the molecule is O=C1CCC(N2C(=O)c3cccc(N[I-]c4ccnc5c(NC(=O)c6ccc(N7C(=O)C8C9C=CC(C9)C8C7=O)cc6)cccc45)c3C2=O)C(=O)N1. The van der Waals surface area contributed by atoms with Gasteiger partial charge in [0, 0.05) is 0 Å². The molecule has 3 aliphatic heterocycles. The van der Waals surface area contributed by atoms with E-state index in [-0.39, 0.29) is 65.4 Å². The van der Waals surface area contributed by atoms with Crippen LogP contribution in [0.4, 0.5) is 17.1 Å². The average molecular weight is 808 g/mol. The number of carbonyl (C=O) groups excluding carboxylic acids is 7. The minimum atomic E-state index is -1.06. The molecule has 3 fully saturated rings. The number of piperidine rings is 1. The Bertz CT molecular complexity index is 2310. The number of carbonyl (C=O) groups is 7. The molecule has 2 aliphatic carbocycles. The van der Waals surface area contributed by atoms with Crippen molar-refractivity contribution in [1.82, 2.24) is 15.2 Å². The first kappa shape index (κ1) is 32.2. The van der Waals surface area contributed by atoms with E-state index in [9.17, 15) is 33.6 Å². The Morgan fingerprint density at radius 2 is 1.54 bits per heavy atom. The number of hydrogen-bond donors (Lipinski definition) is 3. The zero-order chi connectivity index (χ0) is 35.8. The monoisotopic (exact) mass is 807 g/mol. The van der Waals surface area contributed by atoms with E-state index in [1.165, 1.54) is 4.90 Å². The Morgan fingerprint density at radius 3 is 2.27 bits per heavy atom. The molecule has 5 atom stereocenters. The molecule has 4 aromatic rings. The number of aromatic nitrogens is 1. The fourth-order valence-corrected chi connectivity index (χ4v) is 10.2. The van der Waals surface area contributed by atoms with Crippen molar-refractivity contribution in [1.29, 1.82) is 0 Å². The van der Waals surface area contributed by atoms with Crippen molar-refractivity contribution in [2.75, 3.05) is 13.7 Å². The van der Waals surface area contributed by atoms with Gasteiger partial charge >= 0.3 is 256 Å². The third kappa shape index (κ3) is 4.95. The third-order valence-corrected chi connectivity index (χ3v) is 12.9. The second-order valence-corrected chi connectivity index (χ2v) is 15.6. The topological polar surface area (TPSA) is 175 Å². The van der Waals surface area contributed by atoms with E-state index in [2.05, 4.69) is 31.3 Å². The number of para-hydroxylation sites is 1. The van der Waals surface area contributed by atoms with Crippen LogP contribution in [0.5, 0.6) is 0 Å². The Labute approximate surface area is 306 Å². The molecule has 7 amide bonds. The third-order valence-electron chi connectivity index (χ3n) is 10.5. The molecule has 5 aliphatic rings. The summed E-state index contributed by atoms with van der Waals surface area (Å²) in [6.07, 6.45) is 6.70. The van der Waals surface area contributed by atoms with Gasteiger partial charge in [-0.05, 0) is 18.3 Å². The molecule has 1 saturated carbocycles. The summed E-state index contributed by atoms with van der Waals surface area (Å²) in [6.45, 7) is 0. The van der Waals surface area contributed by atoms with Gasteiger partial charge in [0.05, 0.1) is 11.8 Å². The zero-order valence-electron chi connectivity index (χ0n) is 27.2. The molecule has 3 N–H and O–H groups in total. The van der Waals surface area contributed by atoms with E-state index in [0.717, 1.165) is 20.3 Å². The van der Waals surface area contributed by atoms with Crippen LogP contribution in [-0.4, -0.2) is 57.3 Å². The quantitative estimate of drug-likeness (QED) is 0.104. The molecule has 2 saturated heterocycles. The molecule has 9 rings (SSSR count). The van der Waals surface area contributed by atoms with E-state index in [1.54, 1.807) is 60.8 Å². The van der Waals surface area contributed by atoms with Crippen LogP contribution in [0.1, 0.15) is 50.3 Å². The molecule has 3 aromatic carbocycles. The van der Waals surface area contributed by atoms with Gasteiger partial charge in [0.1, 0.15) is 0 Å². The molecule has 2 bridgehead atoms. The molecule has 0 spiro atoms. The van der Waals surface area contributed by atoms with Crippen molar-refractivity contribution in [3.05, 3.63) is 105 Å². The van der Waals surface area contributed by atoms with Crippen LogP contribution in [0.15, 0.2) is 85.1 Å². The summed E-state index contributed by atoms with van der Waals surface area (Å²) in [4.78, 5) is 97.6. The molecule has 14 heteroatoms. The summed E-state index contributed by atoms with van der Waals surface area (Å²) >= 11 is -1.01. The number of anilines is 3. The number of nitrogens with one attached hydrogen (secondary N) is 3. The van der Waals surface area contributed by atoms with E-state index >= 15 is 0 Å². The van der Waals surface area contributed by atoms with Crippen LogP contribution < -0.4 is 40.5 Å². The van der Waals surface area contributed by atoms with Crippen molar-refractivity contribution in [2.24, 2.45) is 23.7 Å². The second kappa shape index (κ2) is 12.2. The predicted molar refractivity (Wildman–Crippen MR) is 182 cm³/mol. The number of rotatable bonds is 7. The molecular formula is C38H28IN6O7-. The van der Waals surface area contributed by atoms with Crippen LogP contribution >= 0.6 is 0 Å². The number of allylic oxidation sites excluding steroid dienone is 2. The fourth-order valence-electron chi connectivity index (χ4n) is 8.13. The second-order valence-electron chi connectivity index (χ2n) is 13.4. The van der Waals surface area contributed by atoms with Gasteiger partial charge in [0.25, 0.3) is 0 Å². The summed E-state index contributed by atoms with van der Waals surface area (Å²) in [5, 5.41) is 5.94. The first-order valence-corrected chi connectivity index (χ1v) is 18.9. The van der Waals surface area contributed by atoms with E-state index in [0.29, 0.717) is 28.1 Å². The molecular weight excluding hydrogens is 779 g/mol. The predicted octanol–water partition coefficient (Wildman–Crippen LogP) is 0.486. The molecule has 52 heavy (non-hydrogen) atoms. The number of amides is 7. The van der Waals surface area contributed by atoms with Crippen LogP contribution in [-0.2, 0) is 19.2 Å². The van der Waals surface area contributed by atoms with Crippen LogP contribution in [0.25, 0.3) is 10.9 Å². The maximum atomic E-state index is 13.6. The van der Waals surface area contributed by atoms with Gasteiger partial charge in [-0.1, -0.05) is 12.2 Å². The van der Waals surface area contributed by atoms with Gasteiger partial charge in [-0.25, -0.2) is 0 Å². The van der Waals surface area contributed by atoms with E-state index in [1.807, 2.05) is 12.1 Å². The van der Waals surface area contributed by atoms with Crippen LogP contribution in [0, 0.1) is 27.2 Å². The van der Waals surface area contributed by atoms with Gasteiger partial charge in [-0.2, -0.15) is 0 Å². The van der Waals surface area contributed by atoms with Crippen molar-refractivity contribution < 1.29 is 55.0 Å². The van der Waals surface area contributed by atoms with Gasteiger partial charge < -0.3 is 0 Å². The maximum absolute atomic E-state index is 13.6. The Kier molecular flexibility index (Phi) is 7.53. The number of pyridine rings is 1. The van der Waals surface area contributed by atoms with Gasteiger partial charge in [0.2, 0.25) is 0 Å². The number of imide groups is 3. The normalized spacial score (nSPS) is 24.6. The van der Waals surface area contributed by atoms with Crippen molar-refractivity contribution in [3.8, 4) is 0 Å². The summed E-state index contributed by atoms with van der Waals surface area (Å²) in [5.74, 6) is -3.40. The minimum absolute atomic E-state index is 0.0346. The molecule has 1 aromatic heterocycles. The van der Waals surface area contributed by atoms with E-state index < -0.39 is 51.1 Å². The number of fused-ring (bicyclic) bond motifs is 7. The van der Waals surface area contributed by atoms with Gasteiger partial charge in [0.15, 0.2) is 0 Å². The van der Waals surface area contributed by atoms with Crippen LogP contribution in [0.3, 0.4) is 0 Å². The summed E-state index contributed by atoms with van der Waals surface area (Å²) in [5.41, 5.74) is 2.66. The summed E-state index contributed by atoms with van der Waals surface area (Å²) in [7, 11) is 0. The Balaban J connectivity index is 0.912. The Hall–Kier alpha value is -5.77. The molecule has 0 radical (unpaired) electrons. The number of halogens is 1. The summed E-state index contributed by atoms with van der Waals surface area (Å²) in [6, 6.07) is 17.6. The molecule has 4 heterocycles. The number of nitrogens with zero attached hydrogens (tertiary/aromatic N) is 3. The molecule has 260 valence electrons. The van der Waals surface area contributed by atoms with Crippen molar-refractivity contribution in [2.45, 2.75) is 25.3 Å². The first-order chi connectivity index (χ1) is 25.2. The average Bonchev–Trinajstić information content (AvgIpc) is 3.89. The van der Waals surface area contributed by atoms with E-state index in [4.69, 9.17) is 0 Å². The van der Waals surface area contributed by atoms with Crippen molar-refractivity contribution >= 4 is 69.3 Å². The first-order valence-electron chi connectivity index (χ1n) is 16.8. The molecule has 13 nitrogen and oxygen atoms in total. The standard InChI is InChI=1S/C38H28IN6O7/c46-28-14-13-27(34(48)42-28)45-35(49)23-4-2-5-25(31(23)38(45)52)43-39-24-15-16-40-32-22(24)3-1-6-26(32)41-33(47)18-9-11-21(12-10-18)44-36(50)29-19-7-8-20(17-19)30(29)37(44)51/h1-12,15-16,19-20,27,29-30,43H,13-14,17H2,(H,41,47)(H,42,46,48)/q-1. The summed E-state index contributed by atoms with van der Waals surface area (Å²) < 4.78 is 4.28. The fraction of sp³-hybridized carbons (Fsp3) is 0.211.